The van der Waals surface area contributed by atoms with Gasteiger partial charge in [-0.25, -0.2) is 4.98 Å². The lowest BCUT2D eigenvalue weighted by molar-refractivity contribution is 1.09. The molecule has 122 valence electrons. The number of rotatable bonds is 1. The molecule has 0 saturated carbocycles. The molecule has 0 spiro atoms. The van der Waals surface area contributed by atoms with Gasteiger partial charge >= 0.3 is 0 Å². The highest BCUT2D eigenvalue weighted by Crippen LogP contribution is 2.36. The summed E-state index contributed by atoms with van der Waals surface area (Å²) in [6.45, 7) is 0. The molecule has 1 N–H and O–H groups in total. The van der Waals surface area contributed by atoms with E-state index in [4.69, 9.17) is 4.98 Å². The van der Waals surface area contributed by atoms with Gasteiger partial charge in [0.25, 0.3) is 0 Å². The molecule has 0 atom stereocenters. The topological polar surface area (TPSA) is 33.6 Å². The van der Waals surface area contributed by atoms with Crippen LogP contribution in [0.2, 0.25) is 0 Å². The van der Waals surface area contributed by atoms with E-state index in [1.807, 2.05) is 12.3 Å². The summed E-state index contributed by atoms with van der Waals surface area (Å²) in [5.74, 6) is 1.04. The number of fused-ring (bicyclic) bond motifs is 6. The molecular weight excluding hydrogens is 318 g/mol. The van der Waals surface area contributed by atoms with Gasteiger partial charge in [0, 0.05) is 27.9 Å². The Kier molecular flexibility index (Phi) is 2.61. The molecule has 0 saturated heterocycles. The lowest BCUT2D eigenvalue weighted by Crippen LogP contribution is -1.95. The summed E-state index contributed by atoms with van der Waals surface area (Å²) >= 11 is 0. The third kappa shape index (κ3) is 1.74. The van der Waals surface area contributed by atoms with Crippen LogP contribution in [0.4, 0.5) is 0 Å². The van der Waals surface area contributed by atoms with Crippen LogP contribution in [-0.4, -0.2) is 14.5 Å². The minimum absolute atomic E-state index is 0.977. The molecule has 0 bridgehead atoms. The monoisotopic (exact) mass is 333 g/mol. The fraction of sp³-hybridized carbons (Fsp3) is 0. The van der Waals surface area contributed by atoms with Gasteiger partial charge in [-0.05, 0) is 41.1 Å². The van der Waals surface area contributed by atoms with E-state index < -0.39 is 0 Å². The highest BCUT2D eigenvalue weighted by molar-refractivity contribution is 6.20. The van der Waals surface area contributed by atoms with Crippen LogP contribution in [0.3, 0.4) is 0 Å². The molecule has 0 radical (unpaired) electrons. The predicted octanol–water partition coefficient (Wildman–Crippen LogP) is 5.81. The molecule has 0 fully saturated rings. The maximum Gasteiger partial charge on any atom is 0.146 e. The first-order valence-corrected chi connectivity index (χ1v) is 8.75. The van der Waals surface area contributed by atoms with Crippen LogP contribution < -0.4 is 0 Å². The van der Waals surface area contributed by atoms with Crippen LogP contribution in [0.1, 0.15) is 0 Å². The molecule has 0 unspecified atom stereocenters. The minimum Gasteiger partial charge on any atom is -0.341 e. The van der Waals surface area contributed by atoms with E-state index in [2.05, 4.69) is 82.3 Å². The standard InChI is InChI=1S/C23H15N3/c1-3-8-17-15(6-1)11-12-20-22(17)18-9-5-13-24-23(18)26(20)21-14-16-7-2-4-10-19(16)25-21/h1-14,25H. The number of aromatic nitrogens is 3. The van der Waals surface area contributed by atoms with Crippen LogP contribution in [0, 0.1) is 0 Å². The van der Waals surface area contributed by atoms with Crippen molar-refractivity contribution in [2.45, 2.75) is 0 Å². The van der Waals surface area contributed by atoms with Crippen molar-refractivity contribution in [3.05, 3.63) is 85.1 Å². The van der Waals surface area contributed by atoms with Gasteiger partial charge < -0.3 is 4.98 Å². The molecular formula is C23H15N3. The van der Waals surface area contributed by atoms with Gasteiger partial charge in [-0.15, -0.1) is 0 Å². The molecule has 6 rings (SSSR count). The fourth-order valence-electron chi connectivity index (χ4n) is 4.04. The number of hydrogen-bond acceptors (Lipinski definition) is 1. The molecule has 3 aromatic carbocycles. The van der Waals surface area contributed by atoms with Gasteiger partial charge in [0.05, 0.1) is 5.52 Å². The zero-order valence-electron chi connectivity index (χ0n) is 14.0. The summed E-state index contributed by atoms with van der Waals surface area (Å²) in [5.41, 5.74) is 3.28. The molecule has 0 aliphatic carbocycles. The van der Waals surface area contributed by atoms with Crippen LogP contribution in [0.25, 0.3) is 49.4 Å². The second-order valence-corrected chi connectivity index (χ2v) is 6.63. The van der Waals surface area contributed by atoms with Crippen molar-refractivity contribution in [2.24, 2.45) is 0 Å². The number of hydrogen-bond donors (Lipinski definition) is 1. The second kappa shape index (κ2) is 4.96. The van der Waals surface area contributed by atoms with Gasteiger partial charge in [0.15, 0.2) is 0 Å². The van der Waals surface area contributed by atoms with Gasteiger partial charge in [-0.2, -0.15) is 0 Å². The van der Waals surface area contributed by atoms with Crippen LogP contribution >= 0.6 is 0 Å². The lowest BCUT2D eigenvalue weighted by atomic mass is 10.0. The molecule has 3 nitrogen and oxygen atoms in total. The van der Waals surface area contributed by atoms with Crippen LogP contribution in [-0.2, 0) is 0 Å². The van der Waals surface area contributed by atoms with Crippen molar-refractivity contribution in [3.63, 3.8) is 0 Å². The minimum atomic E-state index is 0.977. The number of nitrogens with zero attached hydrogens (tertiary/aromatic N) is 2. The van der Waals surface area contributed by atoms with Crippen molar-refractivity contribution < 1.29 is 0 Å². The maximum absolute atomic E-state index is 4.71. The third-order valence-electron chi connectivity index (χ3n) is 5.17. The third-order valence-corrected chi connectivity index (χ3v) is 5.17. The smallest absolute Gasteiger partial charge is 0.146 e. The Morgan fingerprint density at radius 3 is 2.46 bits per heavy atom. The van der Waals surface area contributed by atoms with Gasteiger partial charge in [0.2, 0.25) is 0 Å². The molecule has 6 aromatic rings. The Balaban J connectivity index is 1.84. The van der Waals surface area contributed by atoms with Crippen molar-refractivity contribution in [1.82, 2.24) is 14.5 Å². The quantitative estimate of drug-likeness (QED) is 0.404. The number of aromatic amines is 1. The van der Waals surface area contributed by atoms with E-state index in [0.717, 1.165) is 17.0 Å². The Hall–Kier alpha value is -3.59. The fourth-order valence-corrected chi connectivity index (χ4v) is 4.04. The summed E-state index contributed by atoms with van der Waals surface area (Å²) in [7, 11) is 0. The van der Waals surface area contributed by atoms with Gasteiger partial charge in [0.1, 0.15) is 11.5 Å². The number of nitrogens with one attached hydrogen (secondary N) is 1. The zero-order valence-corrected chi connectivity index (χ0v) is 14.0. The molecule has 0 aliphatic rings. The van der Waals surface area contributed by atoms with E-state index >= 15 is 0 Å². The summed E-state index contributed by atoms with van der Waals surface area (Å²) < 4.78 is 2.23. The van der Waals surface area contributed by atoms with Crippen LogP contribution in [0.15, 0.2) is 85.1 Å². The summed E-state index contributed by atoms with van der Waals surface area (Å²) in [6.07, 6.45) is 1.86. The van der Waals surface area contributed by atoms with E-state index in [1.54, 1.807) is 0 Å². The normalized spacial score (nSPS) is 11.8. The first kappa shape index (κ1) is 13.7. The Morgan fingerprint density at radius 1 is 0.731 bits per heavy atom. The van der Waals surface area contributed by atoms with Crippen molar-refractivity contribution in [1.29, 1.82) is 0 Å². The SMILES string of the molecule is c1ccc2[nH]c(-n3c4ccc5ccccc5c4c4cccnc43)cc2c1. The van der Waals surface area contributed by atoms with E-state index in [1.165, 1.54) is 32.4 Å². The Morgan fingerprint density at radius 2 is 1.54 bits per heavy atom. The Labute approximate surface area is 149 Å². The Bertz CT molecular complexity index is 1400. The zero-order chi connectivity index (χ0) is 17.1. The first-order valence-electron chi connectivity index (χ1n) is 8.75. The lowest BCUT2D eigenvalue weighted by Gasteiger charge is -2.04. The number of pyridine rings is 1. The molecule has 3 heterocycles. The summed E-state index contributed by atoms with van der Waals surface area (Å²) in [6, 6.07) is 27.7. The average Bonchev–Trinajstić information content (AvgIpc) is 3.26. The predicted molar refractivity (Wildman–Crippen MR) is 108 cm³/mol. The highest BCUT2D eigenvalue weighted by Gasteiger charge is 2.16. The average molecular weight is 333 g/mol. The number of H-pyrrole nitrogens is 1. The molecule has 0 aliphatic heterocycles. The van der Waals surface area contributed by atoms with E-state index in [0.29, 0.717) is 0 Å². The van der Waals surface area contributed by atoms with Gasteiger partial charge in [-0.3, -0.25) is 4.57 Å². The largest absolute Gasteiger partial charge is 0.341 e. The van der Waals surface area contributed by atoms with Crippen molar-refractivity contribution in [2.75, 3.05) is 0 Å². The van der Waals surface area contributed by atoms with E-state index in [-0.39, 0.29) is 0 Å². The molecule has 3 aromatic heterocycles. The van der Waals surface area contributed by atoms with E-state index in [9.17, 15) is 0 Å². The molecule has 3 heteroatoms. The number of benzene rings is 3. The van der Waals surface area contributed by atoms with Crippen molar-refractivity contribution in [3.8, 4) is 5.82 Å². The number of para-hydroxylation sites is 1. The molecule has 26 heavy (non-hydrogen) atoms. The van der Waals surface area contributed by atoms with Crippen LogP contribution in [0.5, 0.6) is 0 Å². The summed E-state index contributed by atoms with van der Waals surface area (Å²) in [4.78, 5) is 8.27. The van der Waals surface area contributed by atoms with Crippen molar-refractivity contribution >= 4 is 43.6 Å². The highest BCUT2D eigenvalue weighted by atomic mass is 15.1. The molecule has 0 amide bonds. The second-order valence-electron chi connectivity index (χ2n) is 6.63. The summed E-state index contributed by atoms with van der Waals surface area (Å²) in [5, 5.41) is 6.15. The maximum atomic E-state index is 4.71. The first-order chi connectivity index (χ1) is 12.9. The van der Waals surface area contributed by atoms with Gasteiger partial charge in [-0.1, -0.05) is 48.5 Å².